The van der Waals surface area contributed by atoms with Gasteiger partial charge in [0.2, 0.25) is 5.91 Å². The van der Waals surface area contributed by atoms with Gasteiger partial charge in [0.1, 0.15) is 0 Å². The molecule has 2 unspecified atom stereocenters. The summed E-state index contributed by atoms with van der Waals surface area (Å²) >= 11 is 6.25. The molecule has 0 saturated heterocycles. The van der Waals surface area contributed by atoms with Crippen molar-refractivity contribution in [2.45, 2.75) is 60.8 Å². The summed E-state index contributed by atoms with van der Waals surface area (Å²) < 4.78 is 72.8. The summed E-state index contributed by atoms with van der Waals surface area (Å²) in [6.45, 7) is 2.09. The maximum atomic E-state index is 13.7. The van der Waals surface area contributed by atoms with E-state index in [2.05, 4.69) is 10.6 Å². The molecule has 4 rings (SSSR count). The zero-order valence-electron chi connectivity index (χ0n) is 21.8. The number of carbonyl (C=O) groups excluding carboxylic acids is 2. The van der Waals surface area contributed by atoms with Crippen molar-refractivity contribution < 1.29 is 41.0 Å². The van der Waals surface area contributed by atoms with E-state index in [-0.39, 0.29) is 52.4 Å². The summed E-state index contributed by atoms with van der Waals surface area (Å²) in [6, 6.07) is 4.51. The van der Waals surface area contributed by atoms with Gasteiger partial charge in [0.15, 0.2) is 27.3 Å². The first-order valence-electron chi connectivity index (χ1n) is 12.8. The summed E-state index contributed by atoms with van der Waals surface area (Å²) in [4.78, 5) is 25.0. The molecule has 3 N–H and O–H groups in total. The highest BCUT2D eigenvalue weighted by atomic mass is 35.5. The van der Waals surface area contributed by atoms with Gasteiger partial charge in [-0.25, -0.2) is 21.6 Å². The Hall–Kier alpha value is -2.67. The second-order valence-electron chi connectivity index (χ2n) is 10.6. The van der Waals surface area contributed by atoms with Crippen molar-refractivity contribution >= 4 is 38.9 Å². The zero-order chi connectivity index (χ0) is 29.4. The van der Waals surface area contributed by atoms with Gasteiger partial charge in [0.25, 0.3) is 5.91 Å². The molecule has 2 aliphatic rings. The van der Waals surface area contributed by atoms with Crippen LogP contribution in [0.25, 0.3) is 0 Å². The van der Waals surface area contributed by atoms with Crippen LogP contribution < -0.4 is 10.6 Å². The first kappa shape index (κ1) is 30.3. The maximum Gasteiger partial charge on any atom is 0.255 e. The van der Waals surface area contributed by atoms with Gasteiger partial charge >= 0.3 is 0 Å². The van der Waals surface area contributed by atoms with E-state index in [0.29, 0.717) is 31.6 Å². The lowest BCUT2D eigenvalue weighted by Gasteiger charge is -2.42. The number of carbonyl (C=O) groups is 2. The SMILES string of the molecule is COC[C@H](C)NC(=O)C[C@]1(O)C2CCC1C[C@@H](S(=O)(=O)c1cc(C(=O)Nc3cc(F)c(F)c(F)c3)ccc1Cl)C2. The number of aliphatic hydroxyl groups is 1. The summed E-state index contributed by atoms with van der Waals surface area (Å²) in [5.41, 5.74) is -1.84. The highest BCUT2D eigenvalue weighted by Gasteiger charge is 2.56. The molecule has 2 amide bonds. The van der Waals surface area contributed by atoms with Gasteiger partial charge in [0, 0.05) is 36.5 Å². The molecule has 2 bridgehead atoms. The Labute approximate surface area is 235 Å². The first-order chi connectivity index (χ1) is 18.8. The van der Waals surface area contributed by atoms with Crippen molar-refractivity contribution in [3.05, 3.63) is 58.4 Å². The lowest BCUT2D eigenvalue weighted by Crippen LogP contribution is -2.51. The smallest absolute Gasteiger partial charge is 0.255 e. The van der Waals surface area contributed by atoms with E-state index in [1.807, 2.05) is 0 Å². The van der Waals surface area contributed by atoms with E-state index < -0.39 is 55.9 Å². The van der Waals surface area contributed by atoms with Crippen LogP contribution in [-0.2, 0) is 19.4 Å². The summed E-state index contributed by atoms with van der Waals surface area (Å²) in [5, 5.41) is 15.4. The van der Waals surface area contributed by atoms with E-state index in [4.69, 9.17) is 16.3 Å². The first-order valence-corrected chi connectivity index (χ1v) is 14.7. The van der Waals surface area contributed by atoms with Crippen molar-refractivity contribution in [3.8, 4) is 0 Å². The standard InChI is InChI=1S/C27H30ClF3N2O6S/c1-14(13-39-2)32-24(34)12-27(36)16-4-5-17(27)9-19(8-16)40(37,38)23-7-15(3-6-20(23)28)26(35)33-18-10-21(29)25(31)22(30)11-18/h3,6-7,10-11,14,16-17,19,36H,4-5,8-9,12-13H2,1-2H3,(H,32,34)(H,33,35)/t14-,16?,17?,19-,27-/m0/s1. The molecule has 2 aromatic carbocycles. The molecule has 2 saturated carbocycles. The van der Waals surface area contributed by atoms with E-state index in [0.717, 1.165) is 6.07 Å². The fourth-order valence-corrected chi connectivity index (χ4v) is 8.30. The quantitative estimate of drug-likeness (QED) is 0.369. The molecule has 40 heavy (non-hydrogen) atoms. The normalized spacial score (nSPS) is 24.9. The predicted octanol–water partition coefficient (Wildman–Crippen LogP) is 4.24. The Bertz CT molecular complexity index is 1390. The van der Waals surface area contributed by atoms with Crippen molar-refractivity contribution in [2.24, 2.45) is 11.8 Å². The monoisotopic (exact) mass is 602 g/mol. The van der Waals surface area contributed by atoms with E-state index in [1.165, 1.54) is 19.2 Å². The number of nitrogens with one attached hydrogen (secondary N) is 2. The highest BCUT2D eigenvalue weighted by molar-refractivity contribution is 7.92. The third-order valence-corrected chi connectivity index (χ3v) is 10.5. The van der Waals surface area contributed by atoms with Crippen molar-refractivity contribution in [1.82, 2.24) is 5.32 Å². The molecular weight excluding hydrogens is 573 g/mol. The van der Waals surface area contributed by atoms with Gasteiger partial charge in [-0.3, -0.25) is 9.59 Å². The summed E-state index contributed by atoms with van der Waals surface area (Å²) in [7, 11) is -2.57. The number of fused-ring (bicyclic) bond motifs is 2. The largest absolute Gasteiger partial charge is 0.389 e. The number of methoxy groups -OCH3 is 1. The number of amides is 2. The molecule has 2 aromatic rings. The van der Waals surface area contributed by atoms with E-state index in [9.17, 15) is 36.3 Å². The molecule has 3 atom stereocenters. The molecule has 0 spiro atoms. The van der Waals surface area contributed by atoms with Crippen LogP contribution in [0, 0.1) is 29.3 Å². The molecule has 0 aliphatic heterocycles. The van der Waals surface area contributed by atoms with Crippen molar-refractivity contribution in [1.29, 1.82) is 0 Å². The van der Waals surface area contributed by atoms with Gasteiger partial charge in [-0.1, -0.05) is 11.6 Å². The number of hydrogen-bond donors (Lipinski definition) is 3. The van der Waals surface area contributed by atoms with Crippen LogP contribution in [0.3, 0.4) is 0 Å². The molecule has 0 radical (unpaired) electrons. The number of anilines is 1. The Morgan fingerprint density at radius 3 is 2.30 bits per heavy atom. The molecular formula is C27H30ClF3N2O6S. The van der Waals surface area contributed by atoms with Crippen LogP contribution in [0.5, 0.6) is 0 Å². The average molecular weight is 603 g/mol. The molecule has 13 heteroatoms. The number of sulfone groups is 1. The van der Waals surface area contributed by atoms with E-state index in [1.54, 1.807) is 6.92 Å². The van der Waals surface area contributed by atoms with Crippen LogP contribution in [0.2, 0.25) is 5.02 Å². The number of ether oxygens (including phenoxy) is 1. The number of halogens is 4. The van der Waals surface area contributed by atoms with E-state index >= 15 is 0 Å². The van der Waals surface area contributed by atoms with Gasteiger partial charge < -0.3 is 20.5 Å². The minimum atomic E-state index is -4.08. The van der Waals surface area contributed by atoms with Gasteiger partial charge in [-0.15, -0.1) is 0 Å². The third-order valence-electron chi connectivity index (χ3n) is 7.82. The summed E-state index contributed by atoms with van der Waals surface area (Å²) in [5.74, 6) is -6.76. The topological polar surface area (TPSA) is 122 Å². The Morgan fingerprint density at radius 2 is 1.73 bits per heavy atom. The zero-order valence-corrected chi connectivity index (χ0v) is 23.4. The number of benzene rings is 2. The molecule has 0 heterocycles. The molecule has 218 valence electrons. The second kappa shape index (κ2) is 11.7. The Kier molecular flexibility index (Phi) is 8.84. The van der Waals surface area contributed by atoms with Crippen molar-refractivity contribution in [3.63, 3.8) is 0 Å². The Morgan fingerprint density at radius 1 is 1.12 bits per heavy atom. The Balaban J connectivity index is 1.51. The fourth-order valence-electron chi connectivity index (χ4n) is 5.90. The fraction of sp³-hybridized carbons (Fsp3) is 0.481. The van der Waals surface area contributed by atoms with Gasteiger partial charge in [0.05, 0.1) is 33.8 Å². The second-order valence-corrected chi connectivity index (χ2v) is 13.2. The molecule has 8 nitrogen and oxygen atoms in total. The van der Waals surface area contributed by atoms with Crippen LogP contribution in [0.1, 0.15) is 49.4 Å². The van der Waals surface area contributed by atoms with Gasteiger partial charge in [-0.05, 0) is 62.6 Å². The average Bonchev–Trinajstić information content (AvgIpc) is 3.03. The number of hydrogen-bond acceptors (Lipinski definition) is 6. The highest BCUT2D eigenvalue weighted by Crippen LogP contribution is 2.53. The molecule has 2 fully saturated rings. The van der Waals surface area contributed by atoms with Crippen LogP contribution in [-0.4, -0.2) is 55.9 Å². The third kappa shape index (κ3) is 6.00. The molecule has 0 aromatic heterocycles. The van der Waals surface area contributed by atoms with Crippen LogP contribution >= 0.6 is 11.6 Å². The summed E-state index contributed by atoms with van der Waals surface area (Å²) in [6.07, 6.45) is 1.20. The van der Waals surface area contributed by atoms with Crippen molar-refractivity contribution in [2.75, 3.05) is 19.0 Å². The maximum absolute atomic E-state index is 13.7. The number of rotatable bonds is 9. The minimum absolute atomic E-state index is 0.108. The van der Waals surface area contributed by atoms with Gasteiger partial charge in [-0.2, -0.15) is 0 Å². The lowest BCUT2D eigenvalue weighted by atomic mass is 9.72. The lowest BCUT2D eigenvalue weighted by molar-refractivity contribution is -0.133. The van der Waals surface area contributed by atoms with Crippen LogP contribution in [0.4, 0.5) is 18.9 Å². The minimum Gasteiger partial charge on any atom is -0.389 e. The predicted molar refractivity (Wildman–Crippen MR) is 141 cm³/mol. The molecule has 2 aliphatic carbocycles. The van der Waals surface area contributed by atoms with Crippen LogP contribution in [0.15, 0.2) is 35.2 Å².